The van der Waals surface area contributed by atoms with Crippen LogP contribution in [-0.4, -0.2) is 25.7 Å². The lowest BCUT2D eigenvalue weighted by Crippen LogP contribution is -2.36. The van der Waals surface area contributed by atoms with Gasteiger partial charge in [0.15, 0.2) is 5.96 Å². The fourth-order valence-electron chi connectivity index (χ4n) is 2.25. The van der Waals surface area contributed by atoms with Gasteiger partial charge in [0.25, 0.3) is 0 Å². The summed E-state index contributed by atoms with van der Waals surface area (Å²) >= 11 is 1.83. The second-order valence-corrected chi connectivity index (χ2v) is 6.84. The molecule has 26 heavy (non-hydrogen) atoms. The smallest absolute Gasteiger partial charge is 0.411 e. The topological polar surface area (TPSA) is 74.8 Å². The Labute approximate surface area is 158 Å². The number of rotatable bonds is 7. The number of carbonyl (C=O) groups excluding carboxylic acids is 1. The maximum absolute atomic E-state index is 11.2. The molecular formula is C19H26N4O2S. The second kappa shape index (κ2) is 10.5. The average Bonchev–Trinajstić information content (AvgIpc) is 3.13. The SMILES string of the molecule is CCNC(=NCc1ccc(NC(=O)OC)cc1)NCc1ccc(CC)s1. The number of nitrogens with one attached hydrogen (secondary N) is 3. The molecule has 1 amide bonds. The molecule has 2 aromatic rings. The van der Waals surface area contributed by atoms with Crippen molar-refractivity contribution >= 4 is 29.1 Å². The van der Waals surface area contributed by atoms with Gasteiger partial charge in [0.05, 0.1) is 20.2 Å². The van der Waals surface area contributed by atoms with Gasteiger partial charge in [-0.1, -0.05) is 19.1 Å². The molecule has 0 saturated heterocycles. The van der Waals surface area contributed by atoms with Crippen LogP contribution in [0, 0.1) is 0 Å². The van der Waals surface area contributed by atoms with E-state index in [1.54, 1.807) is 0 Å². The van der Waals surface area contributed by atoms with E-state index in [0.717, 1.165) is 31.0 Å². The molecule has 0 unspecified atom stereocenters. The van der Waals surface area contributed by atoms with Crippen LogP contribution >= 0.6 is 11.3 Å². The average molecular weight is 375 g/mol. The highest BCUT2D eigenvalue weighted by molar-refractivity contribution is 7.11. The van der Waals surface area contributed by atoms with Gasteiger partial charge < -0.3 is 15.4 Å². The van der Waals surface area contributed by atoms with Crippen LogP contribution in [0.3, 0.4) is 0 Å². The van der Waals surface area contributed by atoms with E-state index in [1.165, 1.54) is 16.9 Å². The molecule has 0 aliphatic heterocycles. The van der Waals surface area contributed by atoms with Crippen LogP contribution in [0.25, 0.3) is 0 Å². The summed E-state index contributed by atoms with van der Waals surface area (Å²) < 4.78 is 4.57. The van der Waals surface area contributed by atoms with Crippen molar-refractivity contribution in [3.63, 3.8) is 0 Å². The van der Waals surface area contributed by atoms with Crippen molar-refractivity contribution in [3.05, 3.63) is 51.7 Å². The first-order valence-corrected chi connectivity index (χ1v) is 9.50. The van der Waals surface area contributed by atoms with Gasteiger partial charge in [-0.3, -0.25) is 5.32 Å². The fourth-order valence-corrected chi connectivity index (χ4v) is 3.15. The standard InChI is InChI=1S/C19H26N4O2S/c1-4-16-10-11-17(26-16)13-22-18(20-5-2)21-12-14-6-8-15(9-7-14)23-19(24)25-3/h6-11H,4-5,12-13H2,1-3H3,(H,23,24)(H2,20,21,22). The van der Waals surface area contributed by atoms with Crippen LogP contribution in [0.2, 0.25) is 0 Å². The third-order valence-corrected chi connectivity index (χ3v) is 4.88. The van der Waals surface area contributed by atoms with Crippen molar-refractivity contribution in [3.8, 4) is 0 Å². The molecule has 2 rings (SSSR count). The predicted octanol–water partition coefficient (Wildman–Crippen LogP) is 3.74. The lowest BCUT2D eigenvalue weighted by molar-refractivity contribution is 0.187. The normalized spacial score (nSPS) is 11.1. The van der Waals surface area contributed by atoms with Crippen molar-refractivity contribution in [2.24, 2.45) is 4.99 Å². The minimum absolute atomic E-state index is 0.478. The molecule has 0 bridgehead atoms. The van der Waals surface area contributed by atoms with Crippen LogP contribution in [0.1, 0.15) is 29.2 Å². The predicted molar refractivity (Wildman–Crippen MR) is 108 cm³/mol. The summed E-state index contributed by atoms with van der Waals surface area (Å²) in [5.74, 6) is 0.788. The highest BCUT2D eigenvalue weighted by Gasteiger charge is 2.03. The van der Waals surface area contributed by atoms with E-state index >= 15 is 0 Å². The number of anilines is 1. The molecule has 0 radical (unpaired) electrons. The third-order valence-electron chi connectivity index (χ3n) is 3.65. The van der Waals surface area contributed by atoms with Crippen LogP contribution in [0.5, 0.6) is 0 Å². The van der Waals surface area contributed by atoms with Crippen molar-refractivity contribution in [2.45, 2.75) is 33.4 Å². The molecule has 0 spiro atoms. The van der Waals surface area contributed by atoms with Gasteiger partial charge in [0.1, 0.15) is 0 Å². The molecule has 0 fully saturated rings. The summed E-state index contributed by atoms with van der Waals surface area (Å²) in [4.78, 5) is 18.5. The Balaban J connectivity index is 1.91. The first-order chi connectivity index (χ1) is 12.6. The summed E-state index contributed by atoms with van der Waals surface area (Å²) in [7, 11) is 1.34. The number of hydrogen-bond donors (Lipinski definition) is 3. The van der Waals surface area contributed by atoms with E-state index in [1.807, 2.05) is 42.5 Å². The quantitative estimate of drug-likeness (QED) is 0.510. The molecule has 0 saturated carbocycles. The Kier molecular flexibility index (Phi) is 7.95. The summed E-state index contributed by atoms with van der Waals surface area (Å²) in [5, 5.41) is 9.25. The van der Waals surface area contributed by atoms with E-state index in [-0.39, 0.29) is 0 Å². The maximum Gasteiger partial charge on any atom is 0.411 e. The Morgan fingerprint density at radius 2 is 1.81 bits per heavy atom. The van der Waals surface area contributed by atoms with E-state index < -0.39 is 6.09 Å². The Bertz CT molecular complexity index is 725. The third kappa shape index (κ3) is 6.40. The first-order valence-electron chi connectivity index (χ1n) is 8.68. The Hall–Kier alpha value is -2.54. The molecule has 0 atom stereocenters. The first kappa shape index (κ1) is 19.8. The summed E-state index contributed by atoms with van der Waals surface area (Å²) in [5.41, 5.74) is 1.75. The fraction of sp³-hybridized carbons (Fsp3) is 0.368. The van der Waals surface area contributed by atoms with Gasteiger partial charge in [0, 0.05) is 22.0 Å². The highest BCUT2D eigenvalue weighted by atomic mass is 32.1. The second-order valence-electron chi connectivity index (χ2n) is 5.58. The van der Waals surface area contributed by atoms with Crippen molar-refractivity contribution in [1.82, 2.24) is 10.6 Å². The van der Waals surface area contributed by atoms with Crippen molar-refractivity contribution < 1.29 is 9.53 Å². The summed E-state index contributed by atoms with van der Waals surface area (Å²) in [6.07, 6.45) is 0.592. The van der Waals surface area contributed by atoms with Crippen LogP contribution < -0.4 is 16.0 Å². The number of guanidine groups is 1. The van der Waals surface area contributed by atoms with Crippen LogP contribution in [-0.2, 0) is 24.2 Å². The largest absolute Gasteiger partial charge is 0.453 e. The van der Waals surface area contributed by atoms with E-state index in [4.69, 9.17) is 0 Å². The van der Waals surface area contributed by atoms with Crippen molar-refractivity contribution in [2.75, 3.05) is 19.0 Å². The zero-order valence-corrected chi connectivity index (χ0v) is 16.3. The van der Waals surface area contributed by atoms with Gasteiger partial charge in [-0.25, -0.2) is 9.79 Å². The van der Waals surface area contributed by atoms with E-state index in [2.05, 4.69) is 44.7 Å². The zero-order valence-electron chi connectivity index (χ0n) is 15.5. The van der Waals surface area contributed by atoms with Gasteiger partial charge in [0.2, 0.25) is 0 Å². The van der Waals surface area contributed by atoms with Gasteiger partial charge in [-0.05, 0) is 43.2 Å². The minimum Gasteiger partial charge on any atom is -0.453 e. The van der Waals surface area contributed by atoms with E-state index in [0.29, 0.717) is 12.2 Å². The molecule has 1 aromatic carbocycles. The number of nitrogens with zero attached hydrogens (tertiary/aromatic N) is 1. The number of carbonyl (C=O) groups is 1. The number of methoxy groups -OCH3 is 1. The van der Waals surface area contributed by atoms with E-state index in [9.17, 15) is 4.79 Å². The number of aliphatic imine (C=N–C) groups is 1. The van der Waals surface area contributed by atoms with Crippen LogP contribution in [0.4, 0.5) is 10.5 Å². The lowest BCUT2D eigenvalue weighted by Gasteiger charge is -2.10. The number of ether oxygens (including phenoxy) is 1. The summed E-state index contributed by atoms with van der Waals surface area (Å²) in [6, 6.07) is 11.9. The van der Waals surface area contributed by atoms with Gasteiger partial charge >= 0.3 is 6.09 Å². The minimum atomic E-state index is -0.478. The molecule has 0 aliphatic carbocycles. The molecule has 6 nitrogen and oxygen atoms in total. The molecule has 1 aromatic heterocycles. The maximum atomic E-state index is 11.2. The summed E-state index contributed by atoms with van der Waals surface area (Å²) in [6.45, 7) is 6.33. The zero-order chi connectivity index (χ0) is 18.8. The molecule has 1 heterocycles. The number of benzene rings is 1. The van der Waals surface area contributed by atoms with Crippen molar-refractivity contribution in [1.29, 1.82) is 0 Å². The van der Waals surface area contributed by atoms with Gasteiger partial charge in [-0.2, -0.15) is 0 Å². The monoisotopic (exact) mass is 374 g/mol. The molecule has 3 N–H and O–H groups in total. The number of amides is 1. The Morgan fingerprint density at radius 3 is 2.42 bits per heavy atom. The van der Waals surface area contributed by atoms with Crippen LogP contribution in [0.15, 0.2) is 41.4 Å². The molecular weight excluding hydrogens is 348 g/mol. The lowest BCUT2D eigenvalue weighted by atomic mass is 10.2. The van der Waals surface area contributed by atoms with Gasteiger partial charge in [-0.15, -0.1) is 11.3 Å². The molecule has 140 valence electrons. The Morgan fingerprint density at radius 1 is 1.08 bits per heavy atom. The number of hydrogen-bond acceptors (Lipinski definition) is 4. The molecule has 7 heteroatoms. The highest BCUT2D eigenvalue weighted by Crippen LogP contribution is 2.16. The number of thiophene rings is 1. The molecule has 0 aliphatic rings. The number of aryl methyl sites for hydroxylation is 1.